The minimum atomic E-state index is -0.524. The second kappa shape index (κ2) is 9.38. The van der Waals surface area contributed by atoms with Gasteiger partial charge in [0.05, 0.1) is 6.54 Å². The van der Waals surface area contributed by atoms with E-state index in [4.69, 9.17) is 5.73 Å². The molecule has 31 heavy (non-hydrogen) atoms. The monoisotopic (exact) mass is 419 g/mol. The molecule has 1 fully saturated rings. The molecule has 1 aliphatic rings. The van der Waals surface area contributed by atoms with E-state index in [1.165, 1.54) is 42.6 Å². The Balaban J connectivity index is 1.43. The van der Waals surface area contributed by atoms with Gasteiger partial charge in [0.25, 0.3) is 11.9 Å². The Morgan fingerprint density at radius 2 is 1.74 bits per heavy atom. The maximum absolute atomic E-state index is 12.2. The van der Waals surface area contributed by atoms with Crippen LogP contribution < -0.4 is 16.0 Å². The van der Waals surface area contributed by atoms with Gasteiger partial charge in [0.2, 0.25) is 0 Å². The molecular weight excluding hydrogens is 394 g/mol. The van der Waals surface area contributed by atoms with E-state index in [1.807, 2.05) is 12.1 Å². The molecule has 9 heteroatoms. The molecule has 0 radical (unpaired) electrons. The fourth-order valence-electron chi connectivity index (χ4n) is 3.99. The van der Waals surface area contributed by atoms with Gasteiger partial charge in [0, 0.05) is 11.3 Å². The number of nitrogens with one attached hydrogen (secondary N) is 2. The zero-order valence-corrected chi connectivity index (χ0v) is 17.1. The lowest BCUT2D eigenvalue weighted by atomic mass is 9.84. The number of tetrazole rings is 1. The highest BCUT2D eigenvalue weighted by atomic mass is 16.2. The number of primary amides is 1. The molecule has 0 aliphatic heterocycles. The number of amides is 3. The Morgan fingerprint density at radius 1 is 1.03 bits per heavy atom. The summed E-state index contributed by atoms with van der Waals surface area (Å²) in [5, 5.41) is 15.6. The fraction of sp³-hybridized carbons (Fsp3) is 0.318. The molecule has 4 N–H and O–H groups in total. The summed E-state index contributed by atoms with van der Waals surface area (Å²) in [6.45, 7) is 0.310. The Labute approximate surface area is 180 Å². The van der Waals surface area contributed by atoms with Crippen molar-refractivity contribution < 1.29 is 9.59 Å². The van der Waals surface area contributed by atoms with E-state index in [0.717, 1.165) is 11.3 Å². The largest absolute Gasteiger partial charge is 0.351 e. The zero-order valence-electron chi connectivity index (χ0n) is 17.1. The van der Waals surface area contributed by atoms with Gasteiger partial charge in [-0.15, -0.1) is 5.10 Å². The Kier molecular flexibility index (Phi) is 6.21. The molecule has 1 heterocycles. The Bertz CT molecular complexity index is 1010. The van der Waals surface area contributed by atoms with Crippen LogP contribution in [0.1, 0.15) is 59.5 Å². The standard InChI is InChI=1S/C22H25N7O2/c23-21(31)29(19-12-10-17(11-13-19)16-4-2-1-3-5-16)14-15-6-8-18(9-7-15)20(30)24-22-25-27-28-26-22/h6-13,16H,1-5,14H2,(H2,23,31)(H2,24,25,26,27,28,30). The topological polar surface area (TPSA) is 130 Å². The first-order valence-electron chi connectivity index (χ1n) is 10.4. The normalized spacial score (nSPS) is 14.2. The summed E-state index contributed by atoms with van der Waals surface area (Å²) >= 11 is 0. The molecule has 0 saturated heterocycles. The van der Waals surface area contributed by atoms with Crippen molar-refractivity contribution in [3.05, 3.63) is 65.2 Å². The van der Waals surface area contributed by atoms with E-state index in [-0.39, 0.29) is 11.9 Å². The van der Waals surface area contributed by atoms with Crippen molar-refractivity contribution in [3.8, 4) is 0 Å². The highest BCUT2D eigenvalue weighted by Crippen LogP contribution is 2.33. The number of H-pyrrole nitrogens is 1. The van der Waals surface area contributed by atoms with Crippen LogP contribution in [0.15, 0.2) is 48.5 Å². The minimum absolute atomic E-state index is 0.102. The number of nitrogens with two attached hydrogens (primary N) is 1. The van der Waals surface area contributed by atoms with Gasteiger partial charge in [0.15, 0.2) is 0 Å². The van der Waals surface area contributed by atoms with Gasteiger partial charge in [-0.2, -0.15) is 5.21 Å². The lowest BCUT2D eigenvalue weighted by molar-refractivity contribution is 0.102. The molecule has 2 aromatic carbocycles. The van der Waals surface area contributed by atoms with Crippen LogP contribution in [-0.2, 0) is 6.54 Å². The molecule has 1 aromatic heterocycles. The van der Waals surface area contributed by atoms with Crippen LogP contribution in [0.2, 0.25) is 0 Å². The molecule has 160 valence electrons. The van der Waals surface area contributed by atoms with Crippen LogP contribution >= 0.6 is 0 Å². The number of aromatic nitrogens is 4. The maximum atomic E-state index is 12.2. The first-order chi connectivity index (χ1) is 15.1. The van der Waals surface area contributed by atoms with Crippen molar-refractivity contribution in [2.75, 3.05) is 10.2 Å². The van der Waals surface area contributed by atoms with Crippen molar-refractivity contribution in [2.24, 2.45) is 5.73 Å². The van der Waals surface area contributed by atoms with Crippen molar-refractivity contribution >= 4 is 23.6 Å². The molecule has 3 amide bonds. The van der Waals surface area contributed by atoms with Crippen LogP contribution in [0.4, 0.5) is 16.4 Å². The van der Waals surface area contributed by atoms with Gasteiger partial charge in [-0.1, -0.05) is 48.6 Å². The maximum Gasteiger partial charge on any atom is 0.319 e. The smallest absolute Gasteiger partial charge is 0.319 e. The predicted octanol–water partition coefficient (Wildman–Crippen LogP) is 3.59. The lowest BCUT2D eigenvalue weighted by Gasteiger charge is -2.24. The van der Waals surface area contributed by atoms with Crippen molar-refractivity contribution in [1.82, 2.24) is 20.6 Å². The van der Waals surface area contributed by atoms with E-state index < -0.39 is 6.03 Å². The molecule has 4 rings (SSSR count). The number of rotatable bonds is 6. The van der Waals surface area contributed by atoms with Crippen LogP contribution in [-0.4, -0.2) is 32.6 Å². The molecule has 1 aliphatic carbocycles. The summed E-state index contributed by atoms with van der Waals surface area (Å²) in [5.41, 5.74) is 9.02. The number of aromatic amines is 1. The summed E-state index contributed by atoms with van der Waals surface area (Å²) in [6, 6.07) is 14.5. The van der Waals surface area contributed by atoms with Crippen molar-refractivity contribution in [1.29, 1.82) is 0 Å². The van der Waals surface area contributed by atoms with E-state index in [9.17, 15) is 9.59 Å². The van der Waals surface area contributed by atoms with Crippen LogP contribution in [0.3, 0.4) is 0 Å². The predicted molar refractivity (Wildman–Crippen MR) is 117 cm³/mol. The number of carbonyl (C=O) groups is 2. The van der Waals surface area contributed by atoms with E-state index in [2.05, 4.69) is 38.1 Å². The average molecular weight is 419 g/mol. The van der Waals surface area contributed by atoms with E-state index in [1.54, 1.807) is 24.3 Å². The average Bonchev–Trinajstić information content (AvgIpc) is 3.31. The number of urea groups is 1. The quantitative estimate of drug-likeness (QED) is 0.562. The van der Waals surface area contributed by atoms with Crippen LogP contribution in [0.25, 0.3) is 0 Å². The van der Waals surface area contributed by atoms with Crippen LogP contribution in [0.5, 0.6) is 0 Å². The van der Waals surface area contributed by atoms with E-state index in [0.29, 0.717) is 18.0 Å². The van der Waals surface area contributed by atoms with Gasteiger partial charge >= 0.3 is 6.03 Å². The summed E-state index contributed by atoms with van der Waals surface area (Å²) < 4.78 is 0. The Morgan fingerprint density at radius 3 is 2.35 bits per heavy atom. The SMILES string of the molecule is NC(=O)N(Cc1ccc(C(=O)Nc2nn[nH]n2)cc1)c1ccc(C2CCCCC2)cc1. The van der Waals surface area contributed by atoms with E-state index >= 15 is 0 Å². The van der Waals surface area contributed by atoms with Gasteiger partial charge < -0.3 is 5.73 Å². The second-order valence-corrected chi connectivity index (χ2v) is 7.74. The molecule has 0 atom stereocenters. The first-order valence-corrected chi connectivity index (χ1v) is 10.4. The van der Waals surface area contributed by atoms with Crippen molar-refractivity contribution in [2.45, 2.75) is 44.6 Å². The third-order valence-corrected chi connectivity index (χ3v) is 5.67. The molecular formula is C22H25N7O2. The summed E-state index contributed by atoms with van der Waals surface area (Å²) in [4.78, 5) is 25.9. The fourth-order valence-corrected chi connectivity index (χ4v) is 3.99. The van der Waals surface area contributed by atoms with Gasteiger partial charge in [-0.25, -0.2) is 4.79 Å². The first kappa shape index (κ1) is 20.5. The summed E-state index contributed by atoms with van der Waals surface area (Å²) in [5.74, 6) is 0.361. The third-order valence-electron chi connectivity index (χ3n) is 5.67. The second-order valence-electron chi connectivity index (χ2n) is 7.74. The van der Waals surface area contributed by atoms with Crippen molar-refractivity contribution in [3.63, 3.8) is 0 Å². The third kappa shape index (κ3) is 5.06. The highest BCUT2D eigenvalue weighted by molar-refractivity contribution is 6.03. The summed E-state index contributed by atoms with van der Waals surface area (Å²) in [7, 11) is 0. The Hall–Kier alpha value is -3.75. The van der Waals surface area contributed by atoms with Gasteiger partial charge in [-0.3, -0.25) is 15.0 Å². The van der Waals surface area contributed by atoms with Crippen LogP contribution in [0, 0.1) is 0 Å². The summed E-state index contributed by atoms with van der Waals surface area (Å²) in [6.07, 6.45) is 6.34. The number of carbonyl (C=O) groups excluding carboxylic acids is 2. The number of hydrogen-bond acceptors (Lipinski definition) is 5. The zero-order chi connectivity index (χ0) is 21.6. The molecule has 3 aromatic rings. The highest BCUT2D eigenvalue weighted by Gasteiger charge is 2.18. The minimum Gasteiger partial charge on any atom is -0.351 e. The van der Waals surface area contributed by atoms with Gasteiger partial charge in [-0.05, 0) is 59.4 Å². The lowest BCUT2D eigenvalue weighted by Crippen LogP contribution is -2.35. The number of benzene rings is 2. The molecule has 0 bridgehead atoms. The number of anilines is 2. The number of nitrogens with zero attached hydrogens (tertiary/aromatic N) is 4. The number of hydrogen-bond donors (Lipinski definition) is 3. The molecule has 1 saturated carbocycles. The molecule has 0 unspecified atom stereocenters. The molecule has 0 spiro atoms. The van der Waals surface area contributed by atoms with Gasteiger partial charge in [0.1, 0.15) is 0 Å². The molecule has 9 nitrogen and oxygen atoms in total.